The van der Waals surface area contributed by atoms with Gasteiger partial charge in [0.1, 0.15) is 0 Å². The second-order valence-corrected chi connectivity index (χ2v) is 5.85. The minimum absolute atomic E-state index is 0.0790. The summed E-state index contributed by atoms with van der Waals surface area (Å²) in [6, 6.07) is 11.8. The summed E-state index contributed by atoms with van der Waals surface area (Å²) >= 11 is 0. The lowest BCUT2D eigenvalue weighted by Crippen LogP contribution is -2.14. The minimum Gasteiger partial charge on any atom is -0.357 e. The third-order valence-corrected chi connectivity index (χ3v) is 4.71. The van der Waals surface area contributed by atoms with Crippen LogP contribution in [-0.4, -0.2) is 10.8 Å². The number of benzene rings is 2. The molecule has 1 aliphatic rings. The van der Waals surface area contributed by atoms with Crippen LogP contribution in [0, 0.1) is 25.2 Å². The van der Waals surface area contributed by atoms with Crippen molar-refractivity contribution in [3.8, 4) is 6.07 Å². The lowest BCUT2D eigenvalue weighted by molar-refractivity contribution is 0.103. The van der Waals surface area contributed by atoms with E-state index >= 15 is 0 Å². The zero-order chi connectivity index (χ0) is 15.4. The smallest absolute Gasteiger partial charge is 0.195 e. The summed E-state index contributed by atoms with van der Waals surface area (Å²) in [6.07, 6.45) is 0.728. The molecule has 0 bridgehead atoms. The average Bonchev–Trinajstić information content (AvgIpc) is 2.89. The molecule has 3 aromatic rings. The maximum absolute atomic E-state index is 12.9. The fraction of sp³-hybridized carbons (Fsp3) is 0.158. The Morgan fingerprint density at radius 2 is 1.95 bits per heavy atom. The van der Waals surface area contributed by atoms with Crippen LogP contribution >= 0.6 is 0 Å². The molecule has 3 nitrogen and oxygen atoms in total. The molecule has 3 heteroatoms. The summed E-state index contributed by atoms with van der Waals surface area (Å²) < 4.78 is 0. The number of hydrogen-bond donors (Lipinski definition) is 1. The van der Waals surface area contributed by atoms with Gasteiger partial charge in [-0.1, -0.05) is 24.3 Å². The van der Waals surface area contributed by atoms with Gasteiger partial charge in [-0.2, -0.15) is 5.26 Å². The summed E-state index contributed by atoms with van der Waals surface area (Å²) in [7, 11) is 0. The van der Waals surface area contributed by atoms with Crippen molar-refractivity contribution in [1.82, 2.24) is 4.98 Å². The maximum Gasteiger partial charge on any atom is 0.195 e. The van der Waals surface area contributed by atoms with Crippen LogP contribution in [0.1, 0.15) is 43.9 Å². The van der Waals surface area contributed by atoms with Crippen LogP contribution in [0.25, 0.3) is 10.9 Å². The summed E-state index contributed by atoms with van der Waals surface area (Å²) in [4.78, 5) is 16.3. The molecular formula is C19H14N2O. The maximum atomic E-state index is 12.9. The van der Waals surface area contributed by atoms with Crippen molar-refractivity contribution in [2.45, 2.75) is 20.3 Å². The number of ketones is 1. The molecule has 0 radical (unpaired) electrons. The molecule has 1 aliphatic carbocycles. The van der Waals surface area contributed by atoms with Gasteiger partial charge in [0.15, 0.2) is 5.78 Å². The predicted octanol–water partition coefficient (Wildman–Crippen LogP) is 3.79. The lowest BCUT2D eigenvalue weighted by Gasteiger charge is -2.15. The largest absolute Gasteiger partial charge is 0.357 e. The summed E-state index contributed by atoms with van der Waals surface area (Å²) in [5.41, 5.74) is 7.08. The van der Waals surface area contributed by atoms with E-state index in [4.69, 9.17) is 0 Å². The van der Waals surface area contributed by atoms with Crippen LogP contribution in [0.5, 0.6) is 0 Å². The first kappa shape index (κ1) is 12.8. The van der Waals surface area contributed by atoms with E-state index in [9.17, 15) is 10.1 Å². The molecule has 0 amide bonds. The minimum atomic E-state index is 0.0790. The molecule has 0 saturated heterocycles. The van der Waals surface area contributed by atoms with Gasteiger partial charge in [-0.15, -0.1) is 0 Å². The highest BCUT2D eigenvalue weighted by molar-refractivity contribution is 6.20. The number of fused-ring (bicyclic) bond motifs is 4. The normalized spacial score (nSPS) is 12.9. The Balaban J connectivity index is 2.09. The first-order chi connectivity index (χ1) is 10.6. The first-order valence-corrected chi connectivity index (χ1v) is 7.29. The second-order valence-electron chi connectivity index (χ2n) is 5.85. The number of nitrogens with zero attached hydrogens (tertiary/aromatic N) is 1. The Morgan fingerprint density at radius 3 is 2.73 bits per heavy atom. The van der Waals surface area contributed by atoms with Gasteiger partial charge < -0.3 is 4.98 Å². The molecule has 0 aliphatic heterocycles. The van der Waals surface area contributed by atoms with Gasteiger partial charge in [0.2, 0.25) is 0 Å². The van der Waals surface area contributed by atoms with Crippen LogP contribution in [-0.2, 0) is 6.42 Å². The molecule has 22 heavy (non-hydrogen) atoms. The van der Waals surface area contributed by atoms with Crippen LogP contribution in [0.15, 0.2) is 30.3 Å². The van der Waals surface area contributed by atoms with Crippen molar-refractivity contribution >= 4 is 16.7 Å². The lowest BCUT2D eigenvalue weighted by atomic mass is 9.86. The van der Waals surface area contributed by atoms with Gasteiger partial charge in [0, 0.05) is 28.6 Å². The number of aromatic amines is 1. The molecule has 1 N–H and O–H groups in total. The monoisotopic (exact) mass is 286 g/mol. The quantitative estimate of drug-likeness (QED) is 0.534. The zero-order valence-electron chi connectivity index (χ0n) is 12.4. The average molecular weight is 286 g/mol. The number of rotatable bonds is 0. The number of aryl methyl sites for hydroxylation is 1. The van der Waals surface area contributed by atoms with Crippen molar-refractivity contribution in [2.75, 3.05) is 0 Å². The van der Waals surface area contributed by atoms with Crippen LogP contribution in [0.3, 0.4) is 0 Å². The fourth-order valence-corrected chi connectivity index (χ4v) is 3.43. The number of nitrogens with one attached hydrogen (secondary N) is 1. The van der Waals surface area contributed by atoms with E-state index in [2.05, 4.69) is 11.1 Å². The number of H-pyrrole nitrogens is 1. The number of nitriles is 1. The topological polar surface area (TPSA) is 56.6 Å². The Bertz CT molecular complexity index is 1000. The van der Waals surface area contributed by atoms with Gasteiger partial charge in [-0.05, 0) is 36.6 Å². The Hall–Kier alpha value is -2.86. The Morgan fingerprint density at radius 1 is 1.18 bits per heavy atom. The van der Waals surface area contributed by atoms with Crippen LogP contribution in [0.2, 0.25) is 0 Å². The van der Waals surface area contributed by atoms with E-state index in [0.717, 1.165) is 50.8 Å². The van der Waals surface area contributed by atoms with Crippen LogP contribution < -0.4 is 0 Å². The highest BCUT2D eigenvalue weighted by Crippen LogP contribution is 2.35. The number of aromatic nitrogens is 1. The fourth-order valence-electron chi connectivity index (χ4n) is 3.43. The van der Waals surface area contributed by atoms with Gasteiger partial charge in [-0.25, -0.2) is 0 Å². The Kier molecular flexibility index (Phi) is 2.52. The summed E-state index contributed by atoms with van der Waals surface area (Å²) in [5, 5.41) is 10.2. The van der Waals surface area contributed by atoms with Crippen molar-refractivity contribution in [1.29, 1.82) is 5.26 Å². The van der Waals surface area contributed by atoms with Crippen molar-refractivity contribution in [3.63, 3.8) is 0 Å². The highest BCUT2D eigenvalue weighted by Gasteiger charge is 2.28. The Labute approximate surface area is 128 Å². The molecular weight excluding hydrogens is 272 g/mol. The van der Waals surface area contributed by atoms with E-state index < -0.39 is 0 Å². The van der Waals surface area contributed by atoms with E-state index in [1.54, 1.807) is 0 Å². The van der Waals surface area contributed by atoms with E-state index in [-0.39, 0.29) is 5.78 Å². The SMILES string of the molecule is Cc1c(C#N)cc2[nH]c3c(c2c1C)C(=O)c1ccccc1C3. The molecule has 106 valence electrons. The van der Waals surface area contributed by atoms with Crippen molar-refractivity contribution in [2.24, 2.45) is 0 Å². The first-order valence-electron chi connectivity index (χ1n) is 7.29. The molecule has 0 unspecified atom stereocenters. The molecule has 0 spiro atoms. The molecule has 0 saturated carbocycles. The van der Waals surface area contributed by atoms with Gasteiger partial charge in [0.25, 0.3) is 0 Å². The third-order valence-electron chi connectivity index (χ3n) is 4.71. The standard InChI is InChI=1S/C19H14N2O/c1-10-11(2)17-15(8-13(10)9-20)21-16-7-12-5-3-4-6-14(12)19(22)18(16)17/h3-6,8,21H,7H2,1-2H3. The summed E-state index contributed by atoms with van der Waals surface area (Å²) in [5.74, 6) is 0.0790. The van der Waals surface area contributed by atoms with E-state index in [1.807, 2.05) is 44.2 Å². The number of carbonyl (C=O) groups excluding carboxylic acids is 1. The number of carbonyl (C=O) groups is 1. The molecule has 1 aromatic heterocycles. The van der Waals surface area contributed by atoms with Gasteiger partial charge >= 0.3 is 0 Å². The van der Waals surface area contributed by atoms with Crippen molar-refractivity contribution < 1.29 is 4.79 Å². The van der Waals surface area contributed by atoms with Gasteiger partial charge in [0.05, 0.1) is 17.2 Å². The van der Waals surface area contributed by atoms with Crippen LogP contribution in [0.4, 0.5) is 0 Å². The third kappa shape index (κ3) is 1.52. The zero-order valence-corrected chi connectivity index (χ0v) is 12.4. The van der Waals surface area contributed by atoms with E-state index in [1.165, 1.54) is 0 Å². The number of hydrogen-bond acceptors (Lipinski definition) is 2. The molecule has 1 heterocycles. The summed E-state index contributed by atoms with van der Waals surface area (Å²) in [6.45, 7) is 3.92. The highest BCUT2D eigenvalue weighted by atomic mass is 16.1. The molecule has 4 rings (SSSR count). The molecule has 0 fully saturated rings. The molecule has 2 aromatic carbocycles. The molecule has 0 atom stereocenters. The van der Waals surface area contributed by atoms with Gasteiger partial charge in [-0.3, -0.25) is 4.79 Å². The van der Waals surface area contributed by atoms with Crippen molar-refractivity contribution in [3.05, 3.63) is 69.4 Å². The second kappa shape index (κ2) is 4.32. The predicted molar refractivity (Wildman–Crippen MR) is 85.2 cm³/mol. The van der Waals surface area contributed by atoms with E-state index in [0.29, 0.717) is 5.56 Å².